The van der Waals surface area contributed by atoms with Crippen molar-refractivity contribution in [2.24, 2.45) is 5.92 Å². The van der Waals surface area contributed by atoms with E-state index in [-0.39, 0.29) is 23.1 Å². The Bertz CT molecular complexity index is 934. The van der Waals surface area contributed by atoms with Crippen molar-refractivity contribution in [3.8, 4) is 11.5 Å². The summed E-state index contributed by atoms with van der Waals surface area (Å²) in [7, 11) is 3.00. The largest absolute Gasteiger partial charge is 0.493 e. The van der Waals surface area contributed by atoms with Crippen molar-refractivity contribution in [3.05, 3.63) is 52.5 Å². The van der Waals surface area contributed by atoms with Crippen LogP contribution >= 0.6 is 11.6 Å². The number of amides is 2. The molecule has 2 rings (SSSR count). The molecule has 0 aliphatic carbocycles. The fourth-order valence-corrected chi connectivity index (χ4v) is 3.24. The van der Waals surface area contributed by atoms with E-state index in [1.54, 1.807) is 24.3 Å². The van der Waals surface area contributed by atoms with E-state index < -0.39 is 6.04 Å². The van der Waals surface area contributed by atoms with Crippen LogP contribution in [0.15, 0.2) is 36.4 Å². The van der Waals surface area contributed by atoms with E-state index in [2.05, 4.69) is 31.4 Å². The minimum absolute atomic E-state index is 0.00590. The number of hydrogen-bond acceptors (Lipinski definition) is 4. The fraction of sp³-hybridized carbons (Fsp3) is 0.417. The lowest BCUT2D eigenvalue weighted by Gasteiger charge is -2.23. The molecule has 0 saturated heterocycles. The summed E-state index contributed by atoms with van der Waals surface area (Å²) in [6.07, 6.45) is 0. The van der Waals surface area contributed by atoms with E-state index in [4.69, 9.17) is 21.1 Å². The topological polar surface area (TPSA) is 76.7 Å². The molecule has 7 heteroatoms. The van der Waals surface area contributed by atoms with Crippen LogP contribution in [0, 0.1) is 5.92 Å². The van der Waals surface area contributed by atoms with Crippen LogP contribution in [0.5, 0.6) is 11.5 Å². The molecule has 0 aliphatic rings. The Morgan fingerprint density at radius 3 is 2.00 bits per heavy atom. The molecule has 0 aromatic heterocycles. The molecule has 0 saturated carbocycles. The van der Waals surface area contributed by atoms with Gasteiger partial charge in [0.25, 0.3) is 5.91 Å². The summed E-state index contributed by atoms with van der Waals surface area (Å²) in [6.45, 7) is 10.1. The zero-order valence-electron chi connectivity index (χ0n) is 19.1. The Morgan fingerprint density at radius 2 is 1.52 bits per heavy atom. The van der Waals surface area contributed by atoms with Crippen LogP contribution in [0.3, 0.4) is 0 Å². The molecule has 6 nitrogen and oxygen atoms in total. The van der Waals surface area contributed by atoms with E-state index in [1.165, 1.54) is 14.2 Å². The Balaban J connectivity index is 2.19. The fourth-order valence-electron chi connectivity index (χ4n) is 3.04. The summed E-state index contributed by atoms with van der Waals surface area (Å²) in [5.41, 5.74) is 1.99. The van der Waals surface area contributed by atoms with Gasteiger partial charge in [0.05, 0.1) is 24.9 Å². The van der Waals surface area contributed by atoms with E-state index in [9.17, 15) is 9.59 Å². The van der Waals surface area contributed by atoms with Crippen molar-refractivity contribution in [2.45, 2.75) is 46.1 Å². The summed E-state index contributed by atoms with van der Waals surface area (Å²) in [4.78, 5) is 25.7. The number of anilines is 1. The molecule has 1 unspecified atom stereocenters. The quantitative estimate of drug-likeness (QED) is 0.624. The Morgan fingerprint density at radius 1 is 0.968 bits per heavy atom. The van der Waals surface area contributed by atoms with Gasteiger partial charge >= 0.3 is 0 Å². The first-order valence-electron chi connectivity index (χ1n) is 10.1. The number of halogens is 1. The highest BCUT2D eigenvalue weighted by Crippen LogP contribution is 2.36. The van der Waals surface area contributed by atoms with Gasteiger partial charge in [-0.1, -0.05) is 58.4 Å². The molecular formula is C24H31ClN2O4. The van der Waals surface area contributed by atoms with E-state index >= 15 is 0 Å². The Kier molecular flexibility index (Phi) is 7.96. The van der Waals surface area contributed by atoms with Crippen LogP contribution in [0.4, 0.5) is 5.69 Å². The summed E-state index contributed by atoms with van der Waals surface area (Å²) in [6, 6.07) is 9.82. The highest BCUT2D eigenvalue weighted by Gasteiger charge is 2.26. The molecule has 0 bridgehead atoms. The maximum atomic E-state index is 13.0. The van der Waals surface area contributed by atoms with Crippen molar-refractivity contribution < 1.29 is 19.1 Å². The molecule has 0 fully saturated rings. The number of hydrogen-bond donors (Lipinski definition) is 2. The monoisotopic (exact) mass is 446 g/mol. The third-order valence-corrected chi connectivity index (χ3v) is 5.29. The normalized spacial score (nSPS) is 12.3. The van der Waals surface area contributed by atoms with Crippen LogP contribution in [0.25, 0.3) is 0 Å². The molecule has 168 valence electrons. The summed E-state index contributed by atoms with van der Waals surface area (Å²) >= 11 is 6.28. The molecule has 0 heterocycles. The smallest absolute Gasteiger partial charge is 0.251 e. The maximum Gasteiger partial charge on any atom is 0.251 e. The number of carbonyl (C=O) groups is 2. The van der Waals surface area contributed by atoms with Crippen molar-refractivity contribution in [1.29, 1.82) is 0 Å². The van der Waals surface area contributed by atoms with E-state index in [1.807, 2.05) is 26.0 Å². The Hall–Kier alpha value is -2.73. The number of carbonyl (C=O) groups excluding carboxylic acids is 2. The average Bonchev–Trinajstić information content (AvgIpc) is 2.71. The molecule has 2 amide bonds. The predicted molar refractivity (Wildman–Crippen MR) is 124 cm³/mol. The van der Waals surface area contributed by atoms with Crippen molar-refractivity contribution in [3.63, 3.8) is 0 Å². The second kappa shape index (κ2) is 10.1. The van der Waals surface area contributed by atoms with E-state index in [0.717, 1.165) is 5.56 Å². The maximum absolute atomic E-state index is 13.0. The summed E-state index contributed by atoms with van der Waals surface area (Å²) in [5.74, 6) is 0.0670. The second-order valence-corrected chi connectivity index (χ2v) is 9.11. The standard InChI is InChI=1S/C24H31ClN2O4/c1-14(2)21(27-22(28)15-8-10-16(11-9-15)24(3,4)5)23(29)26-18-13-20(31-7)19(30-6)12-17(18)25/h8-14,21H,1-7H3,(H,26,29)(H,27,28). The van der Waals surface area contributed by atoms with Gasteiger partial charge < -0.3 is 20.1 Å². The van der Waals surface area contributed by atoms with Gasteiger partial charge in [0.15, 0.2) is 11.5 Å². The summed E-state index contributed by atoms with van der Waals surface area (Å²) in [5, 5.41) is 5.92. The lowest BCUT2D eigenvalue weighted by atomic mass is 9.86. The molecule has 1 atom stereocenters. The molecule has 2 aromatic rings. The van der Waals surface area contributed by atoms with Crippen molar-refractivity contribution in [2.75, 3.05) is 19.5 Å². The van der Waals surface area contributed by atoms with Crippen molar-refractivity contribution in [1.82, 2.24) is 5.32 Å². The van der Waals surface area contributed by atoms with Gasteiger partial charge in [0.1, 0.15) is 6.04 Å². The predicted octanol–water partition coefficient (Wildman–Crippen LogP) is 5.05. The number of rotatable bonds is 7. The SMILES string of the molecule is COc1cc(Cl)c(NC(=O)C(NC(=O)c2ccc(C(C)(C)C)cc2)C(C)C)cc1OC. The molecule has 31 heavy (non-hydrogen) atoms. The number of benzene rings is 2. The van der Waals surface area contributed by atoms with Crippen LogP contribution in [-0.2, 0) is 10.2 Å². The zero-order chi connectivity index (χ0) is 23.3. The van der Waals surface area contributed by atoms with Crippen LogP contribution in [-0.4, -0.2) is 32.1 Å². The summed E-state index contributed by atoms with van der Waals surface area (Å²) < 4.78 is 10.5. The van der Waals surface area contributed by atoms with Crippen LogP contribution in [0.2, 0.25) is 5.02 Å². The molecule has 0 aliphatic heterocycles. The lowest BCUT2D eigenvalue weighted by Crippen LogP contribution is -2.47. The molecular weight excluding hydrogens is 416 g/mol. The van der Waals surface area contributed by atoms with Gasteiger partial charge in [-0.15, -0.1) is 0 Å². The second-order valence-electron chi connectivity index (χ2n) is 8.70. The van der Waals surface area contributed by atoms with Crippen LogP contribution in [0.1, 0.15) is 50.5 Å². The van der Waals surface area contributed by atoms with Crippen molar-refractivity contribution >= 4 is 29.1 Å². The van der Waals surface area contributed by atoms with Gasteiger partial charge in [0.2, 0.25) is 5.91 Å². The van der Waals surface area contributed by atoms with Gasteiger partial charge in [-0.25, -0.2) is 0 Å². The third kappa shape index (κ3) is 6.14. The number of ether oxygens (including phenoxy) is 2. The first-order valence-corrected chi connectivity index (χ1v) is 10.5. The minimum atomic E-state index is -0.751. The molecule has 0 radical (unpaired) electrons. The Labute approximate surface area is 189 Å². The molecule has 2 aromatic carbocycles. The third-order valence-electron chi connectivity index (χ3n) is 4.98. The first-order chi connectivity index (χ1) is 14.5. The zero-order valence-corrected chi connectivity index (χ0v) is 19.9. The first kappa shape index (κ1) is 24.5. The number of nitrogens with one attached hydrogen (secondary N) is 2. The van der Waals surface area contributed by atoms with Gasteiger partial charge in [-0.05, 0) is 29.0 Å². The van der Waals surface area contributed by atoms with Gasteiger partial charge in [-0.2, -0.15) is 0 Å². The molecule has 0 spiro atoms. The lowest BCUT2D eigenvalue weighted by molar-refractivity contribution is -0.118. The van der Waals surface area contributed by atoms with E-state index in [0.29, 0.717) is 27.8 Å². The average molecular weight is 447 g/mol. The van der Waals surface area contributed by atoms with Gasteiger partial charge in [-0.3, -0.25) is 9.59 Å². The highest BCUT2D eigenvalue weighted by molar-refractivity contribution is 6.34. The van der Waals surface area contributed by atoms with Crippen LogP contribution < -0.4 is 20.1 Å². The van der Waals surface area contributed by atoms with Gasteiger partial charge in [0, 0.05) is 17.7 Å². The minimum Gasteiger partial charge on any atom is -0.493 e. The highest BCUT2D eigenvalue weighted by atomic mass is 35.5. The molecule has 2 N–H and O–H groups in total. The number of methoxy groups -OCH3 is 2.